The second kappa shape index (κ2) is 12.4. The Labute approximate surface area is 201 Å². The molecule has 0 radical (unpaired) electrons. The van der Waals surface area contributed by atoms with Crippen molar-refractivity contribution >= 4 is 16.9 Å². The number of hydrogen-bond donors (Lipinski definition) is 1. The Morgan fingerprint density at radius 2 is 1.53 bits per heavy atom. The summed E-state index contributed by atoms with van der Waals surface area (Å²) >= 11 is 0. The molecule has 182 valence electrons. The van der Waals surface area contributed by atoms with Crippen molar-refractivity contribution in [2.45, 2.75) is 77.6 Å². The Morgan fingerprint density at radius 1 is 0.882 bits per heavy atom. The molecule has 0 spiro atoms. The maximum Gasteiger partial charge on any atom is 0.351 e. The molecule has 2 atom stereocenters. The fourth-order valence-electron chi connectivity index (χ4n) is 4.69. The Hall–Kier alpha value is -3.08. The summed E-state index contributed by atoms with van der Waals surface area (Å²) in [4.78, 5) is 24.9. The van der Waals surface area contributed by atoms with Crippen LogP contribution in [0.15, 0.2) is 57.7 Å². The number of esters is 1. The van der Waals surface area contributed by atoms with Gasteiger partial charge in [-0.05, 0) is 72.6 Å². The van der Waals surface area contributed by atoms with Crippen molar-refractivity contribution in [3.8, 4) is 5.75 Å². The number of carbonyl (C=O) groups excluding carboxylic acids is 1. The van der Waals surface area contributed by atoms with Crippen LogP contribution in [0.5, 0.6) is 5.75 Å². The van der Waals surface area contributed by atoms with Crippen LogP contribution in [0.3, 0.4) is 0 Å². The number of rotatable bonds is 12. The summed E-state index contributed by atoms with van der Waals surface area (Å²) in [5, 5.41) is 10.4. The fraction of sp³-hybridized carbons (Fsp3) is 0.448. The highest BCUT2D eigenvalue weighted by molar-refractivity contribution is 5.93. The first kappa shape index (κ1) is 25.5. The van der Waals surface area contributed by atoms with Gasteiger partial charge in [-0.1, -0.05) is 64.7 Å². The van der Waals surface area contributed by atoms with Crippen molar-refractivity contribution in [2.75, 3.05) is 6.61 Å². The van der Waals surface area contributed by atoms with Gasteiger partial charge in [0.15, 0.2) is 0 Å². The largest absolute Gasteiger partial charge is 0.508 e. The van der Waals surface area contributed by atoms with E-state index in [0.29, 0.717) is 17.6 Å². The van der Waals surface area contributed by atoms with Gasteiger partial charge in [0, 0.05) is 5.39 Å². The summed E-state index contributed by atoms with van der Waals surface area (Å²) in [6.07, 6.45) is 7.13. The molecule has 3 aromatic rings. The first-order valence-corrected chi connectivity index (χ1v) is 12.5. The highest BCUT2D eigenvalue weighted by Gasteiger charge is 2.23. The van der Waals surface area contributed by atoms with Crippen LogP contribution in [0, 0.1) is 0 Å². The second-order valence-corrected chi connectivity index (χ2v) is 8.92. The first-order valence-electron chi connectivity index (χ1n) is 12.5. The minimum atomic E-state index is -0.668. The van der Waals surface area contributed by atoms with Crippen molar-refractivity contribution in [3.63, 3.8) is 0 Å². The van der Waals surface area contributed by atoms with Crippen molar-refractivity contribution in [1.82, 2.24) is 0 Å². The number of ether oxygens (including phenoxy) is 1. The lowest BCUT2D eigenvalue weighted by Crippen LogP contribution is -2.17. The monoisotopic (exact) mass is 464 g/mol. The third kappa shape index (κ3) is 6.28. The molecule has 0 saturated carbocycles. The molecule has 0 unspecified atom stereocenters. The van der Waals surface area contributed by atoms with Crippen molar-refractivity contribution < 1.29 is 19.1 Å². The van der Waals surface area contributed by atoms with E-state index in [1.54, 1.807) is 24.3 Å². The van der Waals surface area contributed by atoms with Crippen LogP contribution >= 0.6 is 0 Å². The van der Waals surface area contributed by atoms with Crippen molar-refractivity contribution in [1.29, 1.82) is 0 Å². The molecule has 0 aliphatic carbocycles. The summed E-state index contributed by atoms with van der Waals surface area (Å²) in [7, 11) is 0. The predicted octanol–water partition coefficient (Wildman–Crippen LogP) is 7.31. The zero-order chi connectivity index (χ0) is 24.5. The summed E-state index contributed by atoms with van der Waals surface area (Å²) in [5.41, 5.74) is 2.03. The van der Waals surface area contributed by atoms with E-state index in [0.717, 1.165) is 44.1 Å². The molecule has 0 aliphatic rings. The molecular formula is C29H36O5. The van der Waals surface area contributed by atoms with Crippen molar-refractivity contribution in [3.05, 3.63) is 75.6 Å². The molecule has 34 heavy (non-hydrogen) atoms. The quantitative estimate of drug-likeness (QED) is 0.173. The van der Waals surface area contributed by atoms with Crippen LogP contribution in [0.4, 0.5) is 0 Å². The molecular weight excluding hydrogens is 428 g/mol. The van der Waals surface area contributed by atoms with Gasteiger partial charge in [-0.25, -0.2) is 9.59 Å². The van der Waals surface area contributed by atoms with Crippen LogP contribution in [-0.2, 0) is 4.74 Å². The van der Waals surface area contributed by atoms with Crippen molar-refractivity contribution in [2.24, 2.45) is 0 Å². The van der Waals surface area contributed by atoms with Crippen LogP contribution in [0.1, 0.15) is 99.0 Å². The molecule has 0 fully saturated rings. The van der Waals surface area contributed by atoms with Gasteiger partial charge in [-0.2, -0.15) is 0 Å². The lowest BCUT2D eigenvalue weighted by Gasteiger charge is -2.26. The Morgan fingerprint density at radius 3 is 2.21 bits per heavy atom. The van der Waals surface area contributed by atoms with E-state index in [4.69, 9.17) is 9.15 Å². The number of carbonyl (C=O) groups is 1. The van der Waals surface area contributed by atoms with Crippen LogP contribution in [0.2, 0.25) is 0 Å². The zero-order valence-electron chi connectivity index (χ0n) is 20.5. The molecule has 1 aromatic heterocycles. The molecule has 5 nitrogen and oxygen atoms in total. The van der Waals surface area contributed by atoms with Gasteiger partial charge in [-0.15, -0.1) is 0 Å². The third-order valence-corrected chi connectivity index (χ3v) is 6.57. The molecule has 1 heterocycles. The molecule has 0 bridgehead atoms. The normalized spacial score (nSPS) is 13.0. The van der Waals surface area contributed by atoms with E-state index in [1.807, 2.05) is 24.3 Å². The summed E-state index contributed by atoms with van der Waals surface area (Å²) in [5.74, 6) is 0.146. The van der Waals surface area contributed by atoms with Crippen LogP contribution in [-0.4, -0.2) is 17.7 Å². The third-order valence-electron chi connectivity index (χ3n) is 6.57. The van der Waals surface area contributed by atoms with E-state index in [9.17, 15) is 14.7 Å². The smallest absolute Gasteiger partial charge is 0.351 e. The second-order valence-electron chi connectivity index (χ2n) is 8.92. The minimum absolute atomic E-state index is 0.0585. The van der Waals surface area contributed by atoms with Crippen LogP contribution < -0.4 is 5.63 Å². The molecule has 3 rings (SSSR count). The predicted molar refractivity (Wildman–Crippen MR) is 136 cm³/mol. The van der Waals surface area contributed by atoms with Gasteiger partial charge in [-0.3, -0.25) is 0 Å². The first-order chi connectivity index (χ1) is 16.5. The number of aromatic hydroxyl groups is 1. The highest BCUT2D eigenvalue weighted by Crippen LogP contribution is 2.39. The molecule has 0 amide bonds. The standard InChI is InChI=1S/C29H36O5/c1-4-7-8-9-10-17-33-28(31)26-19-22-18-21(13-16-27(22)34-29(26)32)25(6-3)24(5-2)20-11-14-23(30)15-12-20/h11-16,18-19,24-25,30H,4-10,17H2,1-3H3/t24-,25+/m1/s1. The summed E-state index contributed by atoms with van der Waals surface area (Å²) in [6, 6.07) is 14.8. The van der Waals surface area contributed by atoms with Gasteiger partial charge in [0.25, 0.3) is 0 Å². The maximum absolute atomic E-state index is 12.5. The van der Waals surface area contributed by atoms with E-state index in [1.165, 1.54) is 12.0 Å². The number of benzene rings is 2. The number of unbranched alkanes of at least 4 members (excludes halogenated alkanes) is 4. The maximum atomic E-state index is 12.5. The van der Waals surface area contributed by atoms with Crippen LogP contribution in [0.25, 0.3) is 11.0 Å². The number of phenolic OH excluding ortho intramolecular Hbond substituents is 1. The van der Waals surface area contributed by atoms with E-state index >= 15 is 0 Å². The fourth-order valence-corrected chi connectivity index (χ4v) is 4.69. The highest BCUT2D eigenvalue weighted by atomic mass is 16.5. The summed E-state index contributed by atoms with van der Waals surface area (Å²) < 4.78 is 10.8. The molecule has 0 saturated heterocycles. The van der Waals surface area contributed by atoms with E-state index in [-0.39, 0.29) is 23.1 Å². The average molecular weight is 465 g/mol. The SMILES string of the molecule is CCCCCCCOC(=O)c1cc2cc([C@H](CC)[C@H](CC)c3ccc(O)cc3)ccc2oc1=O. The van der Waals surface area contributed by atoms with E-state index in [2.05, 4.69) is 20.8 Å². The minimum Gasteiger partial charge on any atom is -0.508 e. The van der Waals surface area contributed by atoms with Gasteiger partial charge >= 0.3 is 11.6 Å². The topological polar surface area (TPSA) is 76.7 Å². The molecule has 2 aromatic carbocycles. The molecule has 1 N–H and O–H groups in total. The van der Waals surface area contributed by atoms with E-state index < -0.39 is 11.6 Å². The Bertz CT molecular complexity index is 1130. The number of fused-ring (bicyclic) bond motifs is 1. The average Bonchev–Trinajstić information content (AvgIpc) is 2.84. The Balaban J connectivity index is 1.83. The lowest BCUT2D eigenvalue weighted by molar-refractivity contribution is 0.0493. The van der Waals surface area contributed by atoms with Gasteiger partial charge in [0.2, 0.25) is 0 Å². The molecule has 5 heteroatoms. The lowest BCUT2D eigenvalue weighted by atomic mass is 9.78. The van der Waals surface area contributed by atoms with Gasteiger partial charge < -0.3 is 14.3 Å². The number of phenols is 1. The molecule has 0 aliphatic heterocycles. The summed E-state index contributed by atoms with van der Waals surface area (Å²) in [6.45, 7) is 6.79. The number of hydrogen-bond acceptors (Lipinski definition) is 5. The van der Waals surface area contributed by atoms with Gasteiger partial charge in [0.1, 0.15) is 16.9 Å². The zero-order valence-corrected chi connectivity index (χ0v) is 20.5. The van der Waals surface area contributed by atoms with Gasteiger partial charge in [0.05, 0.1) is 6.61 Å². The Kier molecular flexibility index (Phi) is 9.32.